The summed E-state index contributed by atoms with van der Waals surface area (Å²) in [6.45, 7) is 11.1. The number of rotatable bonds is 16. The molecule has 0 unspecified atom stereocenters. The molecule has 0 spiro atoms. The Morgan fingerprint density at radius 1 is 0.657 bits per heavy atom. The van der Waals surface area contributed by atoms with Crippen molar-refractivity contribution in [3.8, 4) is 11.5 Å². The molecule has 18 heteroatoms. The molecule has 0 aliphatic carbocycles. The number of unbranched alkanes of at least 4 members (excludes halogenated alkanes) is 2. The monoisotopic (exact) mass is 995 g/mol. The molecule has 4 aromatic rings. The van der Waals surface area contributed by atoms with E-state index in [-0.39, 0.29) is 30.8 Å². The van der Waals surface area contributed by atoms with Crippen molar-refractivity contribution in [2.75, 3.05) is 113 Å². The van der Waals surface area contributed by atoms with Crippen molar-refractivity contribution in [1.82, 2.24) is 20.4 Å². The number of ether oxygens (including phenoxy) is 2. The van der Waals surface area contributed by atoms with Crippen molar-refractivity contribution in [2.45, 2.75) is 25.7 Å². The fraction of sp³-hybridized carbons (Fsp3) is 0.388. The maximum atomic E-state index is 13.4. The Kier molecular flexibility index (Phi) is 17.7. The summed E-state index contributed by atoms with van der Waals surface area (Å²) in [5.41, 5.74) is 5.13. The average molecular weight is 997 g/mol. The summed E-state index contributed by atoms with van der Waals surface area (Å²) in [5.74, 6) is 0.732. The van der Waals surface area contributed by atoms with Crippen LogP contribution in [0.2, 0.25) is 15.1 Å². The molecule has 0 atom stereocenters. The van der Waals surface area contributed by atoms with Crippen molar-refractivity contribution in [1.29, 1.82) is 0 Å². The van der Waals surface area contributed by atoms with Gasteiger partial charge >= 0.3 is 0 Å². The van der Waals surface area contributed by atoms with E-state index in [1.54, 1.807) is 36.4 Å². The highest BCUT2D eigenvalue weighted by Crippen LogP contribution is 2.33. The van der Waals surface area contributed by atoms with E-state index in [1.807, 2.05) is 42.5 Å². The minimum atomic E-state index is -3.29. The Morgan fingerprint density at radius 3 is 1.81 bits per heavy atom. The van der Waals surface area contributed by atoms with Gasteiger partial charge in [-0.05, 0) is 118 Å². The molecule has 2 fully saturated rings. The van der Waals surface area contributed by atoms with E-state index in [1.165, 1.54) is 12.1 Å². The third kappa shape index (κ3) is 14.7. The summed E-state index contributed by atoms with van der Waals surface area (Å²) in [4.78, 5) is 34.3. The number of halogens is 4. The maximum Gasteiger partial charge on any atom is 0.250 e. The molecule has 4 aliphatic rings. The van der Waals surface area contributed by atoms with Crippen molar-refractivity contribution in [2.24, 2.45) is 0 Å². The smallest absolute Gasteiger partial charge is 0.250 e. The molecule has 4 aromatic carbocycles. The second-order valence-corrected chi connectivity index (χ2v) is 19.8. The van der Waals surface area contributed by atoms with Crippen LogP contribution in [0, 0.1) is 5.82 Å². The number of fused-ring (bicyclic) bond motifs is 2. The highest BCUT2D eigenvalue weighted by Gasteiger charge is 2.22. The van der Waals surface area contributed by atoms with Crippen LogP contribution in [0.5, 0.6) is 11.5 Å². The lowest BCUT2D eigenvalue weighted by Crippen LogP contribution is -2.46. The zero-order valence-electron chi connectivity index (χ0n) is 37.5. The molecule has 4 aliphatic heterocycles. The van der Waals surface area contributed by atoms with Gasteiger partial charge in [-0.2, -0.15) is 0 Å². The number of nitrogens with one attached hydrogen (secondary N) is 3. The Hall–Kier alpha value is -5.03. The minimum Gasteiger partial charge on any atom is -0.488 e. The van der Waals surface area contributed by atoms with Gasteiger partial charge in [0.05, 0.1) is 38.8 Å². The SMILES string of the molecule is CS(=O)(=O)Nc1cccc(N2CCN(CCCCNC(=O)C3=Cc4cc(Cl)ccc4OC3)CC2)c1.O=C(NCCCCN1CCN(c2cccc(Cl)c2Cl)CC1)C1=Cc2cc(F)ccc2OC1. The maximum absolute atomic E-state index is 13.4. The first-order valence-corrected chi connectivity index (χ1v) is 25.6. The Bertz CT molecular complexity index is 2550. The fourth-order valence-electron chi connectivity index (χ4n) is 8.27. The summed E-state index contributed by atoms with van der Waals surface area (Å²) in [7, 11) is -3.29. The second kappa shape index (κ2) is 23.8. The number of hydrogen-bond acceptors (Lipinski definition) is 10. The van der Waals surface area contributed by atoms with Gasteiger partial charge < -0.3 is 29.9 Å². The van der Waals surface area contributed by atoms with E-state index in [2.05, 4.69) is 35.0 Å². The lowest BCUT2D eigenvalue weighted by atomic mass is 10.1. The molecular formula is C49H57Cl3FN7O6S. The van der Waals surface area contributed by atoms with Gasteiger partial charge in [0.25, 0.3) is 11.8 Å². The summed E-state index contributed by atoms with van der Waals surface area (Å²) >= 11 is 18.5. The Labute approximate surface area is 407 Å². The van der Waals surface area contributed by atoms with Crippen LogP contribution in [0.1, 0.15) is 36.8 Å². The molecule has 67 heavy (non-hydrogen) atoms. The van der Waals surface area contributed by atoms with Crippen LogP contribution in [0.25, 0.3) is 12.2 Å². The molecule has 0 bridgehead atoms. The van der Waals surface area contributed by atoms with Gasteiger partial charge in [-0.1, -0.05) is 46.9 Å². The summed E-state index contributed by atoms with van der Waals surface area (Å²) in [5, 5.41) is 7.74. The van der Waals surface area contributed by atoms with E-state index < -0.39 is 10.0 Å². The van der Waals surface area contributed by atoms with Gasteiger partial charge in [0.15, 0.2) is 0 Å². The first kappa shape index (κ1) is 49.9. The van der Waals surface area contributed by atoms with Gasteiger partial charge in [0.1, 0.15) is 30.5 Å². The molecule has 0 radical (unpaired) electrons. The first-order chi connectivity index (χ1) is 32.3. The number of carbonyl (C=O) groups is 2. The van der Waals surface area contributed by atoms with Crippen LogP contribution in [-0.2, 0) is 19.6 Å². The minimum absolute atomic E-state index is 0.100. The van der Waals surface area contributed by atoms with Crippen molar-refractivity contribution < 1.29 is 31.9 Å². The topological polar surface area (TPSA) is 136 Å². The van der Waals surface area contributed by atoms with E-state index in [0.29, 0.717) is 56.3 Å². The highest BCUT2D eigenvalue weighted by molar-refractivity contribution is 7.92. The van der Waals surface area contributed by atoms with Crippen molar-refractivity contribution >= 4 is 85.9 Å². The largest absolute Gasteiger partial charge is 0.488 e. The van der Waals surface area contributed by atoms with Crippen LogP contribution in [-0.4, -0.2) is 128 Å². The van der Waals surface area contributed by atoms with E-state index in [4.69, 9.17) is 44.3 Å². The molecule has 2 amide bonds. The van der Waals surface area contributed by atoms with Crippen LogP contribution in [0.4, 0.5) is 21.5 Å². The van der Waals surface area contributed by atoms with Crippen LogP contribution >= 0.6 is 34.8 Å². The summed E-state index contributed by atoms with van der Waals surface area (Å²) in [6, 6.07) is 22.9. The molecule has 4 heterocycles. The number of hydrogen-bond donors (Lipinski definition) is 3. The van der Waals surface area contributed by atoms with Crippen molar-refractivity contribution in [3.05, 3.63) is 122 Å². The molecule has 3 N–H and O–H groups in total. The molecule has 2 saturated heterocycles. The predicted octanol–water partition coefficient (Wildman–Crippen LogP) is 7.83. The zero-order valence-corrected chi connectivity index (χ0v) is 40.6. The summed E-state index contributed by atoms with van der Waals surface area (Å²) < 4.78 is 50.1. The molecular weight excluding hydrogens is 940 g/mol. The van der Waals surface area contributed by atoms with Crippen LogP contribution in [0.15, 0.2) is 90.0 Å². The number of anilines is 3. The Morgan fingerprint density at radius 2 is 1.21 bits per heavy atom. The van der Waals surface area contributed by atoms with Crippen LogP contribution in [0.3, 0.4) is 0 Å². The van der Waals surface area contributed by atoms with Gasteiger partial charge in [-0.25, -0.2) is 12.8 Å². The third-order valence-corrected chi connectivity index (χ3v) is 13.5. The number of amides is 2. The predicted molar refractivity (Wildman–Crippen MR) is 268 cm³/mol. The standard InChI is InChI=1S/C25H31ClN4O4S.C24H26Cl2FN3O2/c1-35(32,33)28-22-5-4-6-23(17-22)30-13-11-29(12-14-30)10-3-2-9-27-25(31)20-15-19-16-21(26)7-8-24(19)34-18-20;25-20-4-3-5-21(23(20)26)30-12-10-29(11-13-30)9-2-1-8-28-24(31)18-14-17-15-19(27)6-7-22(17)32-16-18/h4-8,15-17,28H,2-3,9-14,18H2,1H3,(H,27,31);3-7,14-15H,1-2,8-13,16H2,(H,28,31). The second-order valence-electron chi connectivity index (χ2n) is 16.9. The summed E-state index contributed by atoms with van der Waals surface area (Å²) in [6.07, 6.45) is 8.49. The normalized spacial score (nSPS) is 16.2. The van der Waals surface area contributed by atoms with Gasteiger partial charge in [0, 0.05) is 87.3 Å². The van der Waals surface area contributed by atoms with E-state index >= 15 is 0 Å². The zero-order chi connectivity index (χ0) is 47.3. The molecule has 358 valence electrons. The van der Waals surface area contributed by atoms with Crippen LogP contribution < -0.4 is 34.6 Å². The number of piperazine rings is 2. The van der Waals surface area contributed by atoms with Gasteiger partial charge in [0.2, 0.25) is 10.0 Å². The van der Waals surface area contributed by atoms with E-state index in [0.717, 1.165) is 120 Å². The average Bonchev–Trinajstić information content (AvgIpc) is 3.31. The van der Waals surface area contributed by atoms with Gasteiger partial charge in [-0.3, -0.25) is 24.1 Å². The fourth-order valence-corrected chi connectivity index (χ4v) is 9.42. The number of benzene rings is 4. The van der Waals surface area contributed by atoms with Crippen molar-refractivity contribution in [3.63, 3.8) is 0 Å². The highest BCUT2D eigenvalue weighted by atomic mass is 35.5. The number of sulfonamides is 1. The Balaban J connectivity index is 0.000000200. The van der Waals surface area contributed by atoms with Gasteiger partial charge in [-0.15, -0.1) is 0 Å². The number of carbonyl (C=O) groups excluding carboxylic acids is 2. The van der Waals surface area contributed by atoms with E-state index in [9.17, 15) is 22.4 Å². The molecule has 0 saturated carbocycles. The molecule has 8 rings (SSSR count). The molecule has 0 aromatic heterocycles. The quantitative estimate of drug-likeness (QED) is 0.0954. The third-order valence-electron chi connectivity index (χ3n) is 11.9. The molecule has 13 nitrogen and oxygen atoms in total. The number of nitrogens with zero attached hydrogens (tertiary/aromatic N) is 4. The lowest BCUT2D eigenvalue weighted by molar-refractivity contribution is -0.118. The first-order valence-electron chi connectivity index (χ1n) is 22.6. The lowest BCUT2D eigenvalue weighted by Gasteiger charge is -2.36.